The molecule has 0 rings (SSSR count). The van der Waals surface area contributed by atoms with Crippen molar-refractivity contribution < 1.29 is 9.53 Å². The fourth-order valence-corrected chi connectivity index (χ4v) is 4.84. The highest BCUT2D eigenvalue weighted by atomic mass is 35.7. The lowest BCUT2D eigenvalue weighted by molar-refractivity contribution is -0.138. The highest BCUT2D eigenvalue weighted by Crippen LogP contribution is 2.29. The van der Waals surface area contributed by atoms with Gasteiger partial charge in [0.2, 0.25) is 0 Å². The third kappa shape index (κ3) is 9.98. The average Bonchev–Trinajstić information content (AvgIpc) is 2.30. The Morgan fingerprint density at radius 3 is 2.33 bits per heavy atom. The summed E-state index contributed by atoms with van der Waals surface area (Å²) in [5.41, 5.74) is 0.426. The van der Waals surface area contributed by atoms with Gasteiger partial charge in [-0.25, -0.2) is 4.79 Å². The monoisotopic (exact) mass is 310 g/mol. The molecule has 106 valence electrons. The number of halogens is 2. The molecule has 18 heavy (non-hydrogen) atoms. The zero-order valence-electron chi connectivity index (χ0n) is 11.4. The van der Waals surface area contributed by atoms with E-state index in [4.69, 9.17) is 26.9 Å². The summed E-state index contributed by atoms with van der Waals surface area (Å²) in [4.78, 5) is 11.1. The molecule has 0 radical (unpaired) electrons. The van der Waals surface area contributed by atoms with E-state index in [0.29, 0.717) is 12.2 Å². The molecule has 0 aromatic heterocycles. The van der Waals surface area contributed by atoms with Gasteiger partial charge in [0.15, 0.2) is 0 Å². The van der Waals surface area contributed by atoms with E-state index < -0.39 is 6.69 Å². The van der Waals surface area contributed by atoms with Crippen LogP contribution in [0, 0.1) is 0 Å². The van der Waals surface area contributed by atoms with Crippen LogP contribution in [-0.4, -0.2) is 19.3 Å². The van der Waals surface area contributed by atoms with Crippen LogP contribution in [0.25, 0.3) is 0 Å². The van der Waals surface area contributed by atoms with Gasteiger partial charge in [0.05, 0.1) is 6.61 Å². The summed E-state index contributed by atoms with van der Waals surface area (Å²) in [5.74, 6) is -0.339. The van der Waals surface area contributed by atoms with Gasteiger partial charge in [-0.3, -0.25) is 0 Å². The maximum Gasteiger partial charge on any atom is 0.333 e. The molecule has 2 nitrogen and oxygen atoms in total. The molecule has 0 amide bonds. The van der Waals surface area contributed by atoms with Crippen molar-refractivity contribution in [2.45, 2.75) is 58.0 Å². The maximum atomic E-state index is 11.1. The summed E-state index contributed by atoms with van der Waals surface area (Å²) in [7, 11) is 0. The third-order valence-electron chi connectivity index (χ3n) is 2.66. The quantitative estimate of drug-likeness (QED) is 0.187. The van der Waals surface area contributed by atoms with Crippen LogP contribution in [0.1, 0.15) is 46.0 Å². The molecule has 0 aromatic carbocycles. The Morgan fingerprint density at radius 2 is 1.78 bits per heavy atom. The Balaban J connectivity index is 3.63. The highest BCUT2D eigenvalue weighted by molar-refractivity contribution is 7.45. The van der Waals surface area contributed by atoms with E-state index in [1.807, 2.05) is 0 Å². The van der Waals surface area contributed by atoms with E-state index in [1.165, 1.54) is 19.3 Å². The van der Waals surface area contributed by atoms with Gasteiger partial charge in [-0.1, -0.05) is 39.2 Å². The molecule has 0 atom stereocenters. The fourth-order valence-electron chi connectivity index (χ4n) is 1.55. The first kappa shape index (κ1) is 18.0. The number of unbranched alkanes of at least 4 members (excludes halogenated alkanes) is 3. The first-order valence-electron chi connectivity index (χ1n) is 6.59. The van der Waals surface area contributed by atoms with Crippen molar-refractivity contribution >= 4 is 34.8 Å². The number of carbonyl (C=O) groups excluding carboxylic acids is 1. The minimum atomic E-state index is -2.12. The molecular weight excluding hydrogens is 287 g/mol. The van der Waals surface area contributed by atoms with Gasteiger partial charge in [-0.2, -0.15) is 0 Å². The van der Waals surface area contributed by atoms with Crippen molar-refractivity contribution in [3.05, 3.63) is 12.2 Å². The molecular formula is C13H24Cl2O2Si. The second-order valence-electron chi connectivity index (χ2n) is 4.69. The SMILES string of the molecule is C=C(C)C(=O)OCCC[Si](Cl)(Cl)CCCCCC. The first-order valence-corrected chi connectivity index (χ1v) is 11.0. The average molecular weight is 311 g/mol. The maximum absolute atomic E-state index is 11.1. The van der Waals surface area contributed by atoms with Crippen molar-refractivity contribution in [1.82, 2.24) is 0 Å². The van der Waals surface area contributed by atoms with Crippen LogP contribution < -0.4 is 0 Å². The number of hydrogen-bond donors (Lipinski definition) is 0. The lowest BCUT2D eigenvalue weighted by atomic mass is 10.2. The molecule has 0 aliphatic carbocycles. The highest BCUT2D eigenvalue weighted by Gasteiger charge is 2.27. The summed E-state index contributed by atoms with van der Waals surface area (Å²) in [6.45, 7) is 5.60. The molecule has 0 N–H and O–H groups in total. The van der Waals surface area contributed by atoms with E-state index in [0.717, 1.165) is 24.9 Å². The van der Waals surface area contributed by atoms with E-state index >= 15 is 0 Å². The van der Waals surface area contributed by atoms with E-state index in [-0.39, 0.29) is 5.97 Å². The number of esters is 1. The Bertz CT molecular complexity index is 268. The van der Waals surface area contributed by atoms with E-state index in [2.05, 4.69) is 13.5 Å². The lowest BCUT2D eigenvalue weighted by Gasteiger charge is -2.16. The topological polar surface area (TPSA) is 26.3 Å². The smallest absolute Gasteiger partial charge is 0.333 e. The van der Waals surface area contributed by atoms with Crippen LogP contribution in [0.4, 0.5) is 0 Å². The predicted octanol–water partition coefficient (Wildman–Crippen LogP) is 5.00. The summed E-state index contributed by atoms with van der Waals surface area (Å²) in [5, 5.41) is 0. The Labute approximate surface area is 121 Å². The van der Waals surface area contributed by atoms with Crippen molar-refractivity contribution in [3.8, 4) is 0 Å². The Kier molecular flexibility index (Phi) is 9.88. The van der Waals surface area contributed by atoms with Gasteiger partial charge in [0, 0.05) is 5.57 Å². The number of ether oxygens (including phenoxy) is 1. The second-order valence-corrected chi connectivity index (χ2v) is 12.3. The molecule has 0 aliphatic heterocycles. The van der Waals surface area contributed by atoms with Crippen molar-refractivity contribution in [2.75, 3.05) is 6.61 Å². The summed E-state index contributed by atoms with van der Waals surface area (Å²) in [6, 6.07) is 1.72. The van der Waals surface area contributed by atoms with Gasteiger partial charge in [0.25, 0.3) is 6.69 Å². The van der Waals surface area contributed by atoms with E-state index in [9.17, 15) is 4.79 Å². The van der Waals surface area contributed by atoms with Gasteiger partial charge in [-0.05, 0) is 25.4 Å². The van der Waals surface area contributed by atoms with Gasteiger partial charge >= 0.3 is 5.97 Å². The van der Waals surface area contributed by atoms with Gasteiger partial charge < -0.3 is 4.74 Å². The summed E-state index contributed by atoms with van der Waals surface area (Å²) in [6.07, 6.45) is 5.52. The minimum absolute atomic E-state index is 0.339. The largest absolute Gasteiger partial charge is 0.462 e. The molecule has 0 fully saturated rings. The predicted molar refractivity (Wildman–Crippen MR) is 81.6 cm³/mol. The van der Waals surface area contributed by atoms with Crippen LogP contribution in [0.3, 0.4) is 0 Å². The number of rotatable bonds is 10. The fraction of sp³-hybridized carbons (Fsp3) is 0.769. The standard InChI is InChI=1S/C13H24Cl2O2Si/c1-4-5-6-7-10-18(14,15)11-8-9-17-13(16)12(2)3/h2,4-11H2,1,3H3. The van der Waals surface area contributed by atoms with Crippen LogP contribution >= 0.6 is 22.2 Å². The molecule has 0 aromatic rings. The zero-order chi connectivity index (χ0) is 14.0. The second kappa shape index (κ2) is 9.87. The van der Waals surface area contributed by atoms with Crippen LogP contribution in [0.15, 0.2) is 12.2 Å². The van der Waals surface area contributed by atoms with Gasteiger partial charge in [-0.15, -0.1) is 22.2 Å². The number of carbonyl (C=O) groups is 1. The molecule has 5 heteroatoms. The van der Waals surface area contributed by atoms with E-state index in [1.54, 1.807) is 6.92 Å². The van der Waals surface area contributed by atoms with Crippen molar-refractivity contribution in [1.29, 1.82) is 0 Å². The van der Waals surface area contributed by atoms with Gasteiger partial charge in [0.1, 0.15) is 0 Å². The van der Waals surface area contributed by atoms with Crippen LogP contribution in [-0.2, 0) is 9.53 Å². The van der Waals surface area contributed by atoms with Crippen LogP contribution in [0.2, 0.25) is 12.1 Å². The zero-order valence-corrected chi connectivity index (χ0v) is 13.9. The Morgan fingerprint density at radius 1 is 1.17 bits per heavy atom. The molecule has 0 aliphatic rings. The minimum Gasteiger partial charge on any atom is -0.462 e. The van der Waals surface area contributed by atoms with Crippen LogP contribution in [0.5, 0.6) is 0 Å². The third-order valence-corrected chi connectivity index (χ3v) is 7.10. The lowest BCUT2D eigenvalue weighted by Crippen LogP contribution is -2.19. The summed E-state index contributed by atoms with van der Waals surface area (Å²) >= 11 is 12.7. The molecule has 0 saturated carbocycles. The molecule has 0 heterocycles. The Hall–Kier alpha value is 0.00688. The normalized spacial score (nSPS) is 11.3. The molecule has 0 unspecified atom stereocenters. The van der Waals surface area contributed by atoms with Crippen molar-refractivity contribution in [3.63, 3.8) is 0 Å². The number of hydrogen-bond acceptors (Lipinski definition) is 2. The first-order chi connectivity index (χ1) is 8.39. The van der Waals surface area contributed by atoms with Crippen molar-refractivity contribution in [2.24, 2.45) is 0 Å². The molecule has 0 spiro atoms. The summed E-state index contributed by atoms with van der Waals surface area (Å²) < 4.78 is 5.01. The molecule has 0 saturated heterocycles. The molecule has 0 bridgehead atoms.